The van der Waals surface area contributed by atoms with Gasteiger partial charge in [0.05, 0.1) is 19.6 Å². The lowest BCUT2D eigenvalue weighted by atomic mass is 10.1. The Labute approximate surface area is 159 Å². The molecule has 0 bridgehead atoms. The Kier molecular flexibility index (Phi) is 5.57. The lowest BCUT2D eigenvalue weighted by Gasteiger charge is -2.17. The first-order valence-electron chi connectivity index (χ1n) is 8.60. The van der Waals surface area contributed by atoms with E-state index in [0.29, 0.717) is 11.4 Å². The van der Waals surface area contributed by atoms with E-state index in [-0.39, 0.29) is 37.9 Å². The Morgan fingerprint density at radius 3 is 2.82 bits per heavy atom. The highest BCUT2D eigenvalue weighted by Gasteiger charge is 2.35. The Morgan fingerprint density at radius 2 is 2.14 bits per heavy atom. The van der Waals surface area contributed by atoms with Gasteiger partial charge in [-0.1, -0.05) is 6.07 Å². The molecule has 0 radical (unpaired) electrons. The topological polar surface area (TPSA) is 76.5 Å². The average molecular weight is 396 g/mol. The predicted octanol–water partition coefficient (Wildman–Crippen LogP) is 2.08. The standard InChI is InChI=1S/C18H19F3N4O3/c1-28-14-4-2-3-13(10-14)25-11-12(9-16(25)26)17(27)22-6-8-24-7-5-15(23-24)18(19,20)21/h2-5,7,10,12H,6,8-9,11H2,1H3,(H,22,27)/t12-/m0/s1. The van der Waals surface area contributed by atoms with Crippen molar-refractivity contribution < 1.29 is 27.5 Å². The van der Waals surface area contributed by atoms with Gasteiger partial charge in [0.25, 0.3) is 0 Å². The predicted molar refractivity (Wildman–Crippen MR) is 93.7 cm³/mol. The van der Waals surface area contributed by atoms with Crippen LogP contribution in [0.4, 0.5) is 18.9 Å². The summed E-state index contributed by atoms with van der Waals surface area (Å²) in [5, 5.41) is 6.07. The van der Waals surface area contributed by atoms with E-state index in [9.17, 15) is 22.8 Å². The van der Waals surface area contributed by atoms with Gasteiger partial charge in [0.15, 0.2) is 5.69 Å². The molecule has 2 aromatic rings. The van der Waals surface area contributed by atoms with Crippen LogP contribution in [-0.4, -0.2) is 41.8 Å². The fourth-order valence-corrected chi connectivity index (χ4v) is 2.99. The second kappa shape index (κ2) is 7.91. The van der Waals surface area contributed by atoms with Crippen molar-refractivity contribution in [1.29, 1.82) is 0 Å². The number of nitrogens with one attached hydrogen (secondary N) is 1. The first-order chi connectivity index (χ1) is 13.3. The van der Waals surface area contributed by atoms with Crippen molar-refractivity contribution in [2.24, 2.45) is 5.92 Å². The van der Waals surface area contributed by atoms with Crippen LogP contribution in [0.15, 0.2) is 36.5 Å². The molecule has 1 aliphatic rings. The van der Waals surface area contributed by atoms with Gasteiger partial charge < -0.3 is 15.0 Å². The molecule has 0 unspecified atom stereocenters. The molecule has 150 valence electrons. The highest BCUT2D eigenvalue weighted by atomic mass is 19.4. The third kappa shape index (κ3) is 4.44. The second-order valence-electron chi connectivity index (χ2n) is 6.36. The number of methoxy groups -OCH3 is 1. The number of hydrogen-bond donors (Lipinski definition) is 1. The molecule has 10 heteroatoms. The maximum atomic E-state index is 12.5. The Balaban J connectivity index is 1.52. The number of anilines is 1. The first-order valence-corrected chi connectivity index (χ1v) is 8.60. The van der Waals surface area contributed by atoms with Crippen molar-refractivity contribution in [2.75, 3.05) is 25.1 Å². The van der Waals surface area contributed by atoms with Crippen LogP contribution in [0.3, 0.4) is 0 Å². The van der Waals surface area contributed by atoms with Crippen LogP contribution in [0.2, 0.25) is 0 Å². The number of ether oxygens (including phenoxy) is 1. The molecule has 0 aliphatic carbocycles. The Bertz CT molecular complexity index is 866. The summed E-state index contributed by atoms with van der Waals surface area (Å²) >= 11 is 0. The molecule has 2 heterocycles. The van der Waals surface area contributed by atoms with Crippen LogP contribution in [0.5, 0.6) is 5.75 Å². The van der Waals surface area contributed by atoms with Gasteiger partial charge >= 0.3 is 6.18 Å². The molecule has 3 rings (SSSR count). The number of rotatable bonds is 6. The fourth-order valence-electron chi connectivity index (χ4n) is 2.99. The molecule has 1 atom stereocenters. The number of alkyl halides is 3. The van der Waals surface area contributed by atoms with Crippen LogP contribution < -0.4 is 15.0 Å². The molecule has 28 heavy (non-hydrogen) atoms. The molecule has 1 N–H and O–H groups in total. The third-order valence-corrected chi connectivity index (χ3v) is 4.43. The molecule has 1 aliphatic heterocycles. The van der Waals surface area contributed by atoms with E-state index >= 15 is 0 Å². The van der Waals surface area contributed by atoms with Crippen LogP contribution in [0, 0.1) is 5.92 Å². The van der Waals surface area contributed by atoms with Crippen molar-refractivity contribution in [3.8, 4) is 5.75 Å². The number of benzene rings is 1. The zero-order valence-corrected chi connectivity index (χ0v) is 15.1. The molecule has 0 saturated carbocycles. The maximum absolute atomic E-state index is 12.5. The summed E-state index contributed by atoms with van der Waals surface area (Å²) < 4.78 is 43.8. The van der Waals surface area contributed by atoms with Gasteiger partial charge in [0, 0.05) is 37.5 Å². The van der Waals surface area contributed by atoms with E-state index in [2.05, 4.69) is 10.4 Å². The molecule has 2 amide bonds. The monoisotopic (exact) mass is 396 g/mol. The zero-order valence-electron chi connectivity index (χ0n) is 15.1. The summed E-state index contributed by atoms with van der Waals surface area (Å²) in [6.07, 6.45) is -3.22. The normalized spacial score (nSPS) is 17.1. The van der Waals surface area contributed by atoms with Gasteiger partial charge in [0.1, 0.15) is 5.75 Å². The number of amides is 2. The van der Waals surface area contributed by atoms with Gasteiger partial charge in [-0.05, 0) is 18.2 Å². The number of carbonyl (C=O) groups is 2. The van der Waals surface area contributed by atoms with Crippen LogP contribution in [0.1, 0.15) is 12.1 Å². The minimum atomic E-state index is -4.50. The summed E-state index contributed by atoms with van der Waals surface area (Å²) in [7, 11) is 1.53. The Morgan fingerprint density at radius 1 is 1.36 bits per heavy atom. The van der Waals surface area contributed by atoms with E-state index in [1.807, 2.05) is 0 Å². The zero-order chi connectivity index (χ0) is 20.3. The van der Waals surface area contributed by atoms with Crippen LogP contribution in [-0.2, 0) is 22.3 Å². The smallest absolute Gasteiger partial charge is 0.435 e. The van der Waals surface area contributed by atoms with Crippen LogP contribution in [0.25, 0.3) is 0 Å². The molecular weight excluding hydrogens is 377 g/mol. The summed E-state index contributed by atoms with van der Waals surface area (Å²) in [6.45, 7) is 0.446. The van der Waals surface area contributed by atoms with E-state index in [1.165, 1.54) is 18.2 Å². The molecular formula is C18H19F3N4O3. The SMILES string of the molecule is COc1cccc(N2C[C@@H](C(=O)NCCn3ccc(C(F)(F)F)n3)CC2=O)c1. The second-order valence-corrected chi connectivity index (χ2v) is 6.36. The first kappa shape index (κ1) is 19.7. The molecule has 7 nitrogen and oxygen atoms in total. The van der Waals surface area contributed by atoms with Crippen molar-refractivity contribution in [3.63, 3.8) is 0 Å². The molecule has 1 aromatic heterocycles. The fraction of sp³-hybridized carbons (Fsp3) is 0.389. The summed E-state index contributed by atoms with van der Waals surface area (Å²) in [5.41, 5.74) is -0.329. The number of nitrogens with zero attached hydrogens (tertiary/aromatic N) is 3. The number of carbonyl (C=O) groups excluding carboxylic acids is 2. The lowest BCUT2D eigenvalue weighted by molar-refractivity contribution is -0.141. The van der Waals surface area contributed by atoms with Gasteiger partial charge in [0.2, 0.25) is 11.8 Å². The Hall–Kier alpha value is -3.04. The minimum Gasteiger partial charge on any atom is -0.497 e. The van der Waals surface area contributed by atoms with Crippen LogP contribution >= 0.6 is 0 Å². The van der Waals surface area contributed by atoms with Crippen molar-refractivity contribution in [3.05, 3.63) is 42.2 Å². The molecule has 1 saturated heterocycles. The minimum absolute atomic E-state index is 0.0725. The average Bonchev–Trinajstić information content (AvgIpc) is 3.28. The maximum Gasteiger partial charge on any atom is 0.435 e. The molecule has 0 spiro atoms. The van der Waals surface area contributed by atoms with Gasteiger partial charge in [-0.25, -0.2) is 0 Å². The summed E-state index contributed by atoms with van der Waals surface area (Å²) in [5.74, 6) is -0.407. The molecule has 1 fully saturated rings. The van der Waals surface area contributed by atoms with Gasteiger partial charge in [-0.2, -0.15) is 18.3 Å². The highest BCUT2D eigenvalue weighted by molar-refractivity contribution is 6.00. The number of aromatic nitrogens is 2. The van der Waals surface area contributed by atoms with Gasteiger partial charge in [-0.15, -0.1) is 0 Å². The van der Waals surface area contributed by atoms with Crippen molar-refractivity contribution in [2.45, 2.75) is 19.1 Å². The third-order valence-electron chi connectivity index (χ3n) is 4.43. The van der Waals surface area contributed by atoms with Crippen molar-refractivity contribution in [1.82, 2.24) is 15.1 Å². The quantitative estimate of drug-likeness (QED) is 0.811. The lowest BCUT2D eigenvalue weighted by Crippen LogP contribution is -2.34. The largest absolute Gasteiger partial charge is 0.497 e. The van der Waals surface area contributed by atoms with Gasteiger partial charge in [-0.3, -0.25) is 14.3 Å². The summed E-state index contributed by atoms with van der Waals surface area (Å²) in [4.78, 5) is 26.1. The van der Waals surface area contributed by atoms with E-state index in [4.69, 9.17) is 4.74 Å². The van der Waals surface area contributed by atoms with E-state index < -0.39 is 17.8 Å². The van der Waals surface area contributed by atoms with E-state index in [0.717, 1.165) is 10.7 Å². The summed E-state index contributed by atoms with van der Waals surface area (Å²) in [6, 6.07) is 7.87. The number of hydrogen-bond acceptors (Lipinski definition) is 4. The molecule has 1 aromatic carbocycles. The van der Waals surface area contributed by atoms with E-state index in [1.54, 1.807) is 24.3 Å². The van der Waals surface area contributed by atoms with Crippen molar-refractivity contribution >= 4 is 17.5 Å². The highest BCUT2D eigenvalue weighted by Crippen LogP contribution is 2.28. The number of halogens is 3.